The van der Waals surface area contributed by atoms with Crippen molar-refractivity contribution in [2.24, 2.45) is 5.73 Å². The van der Waals surface area contributed by atoms with E-state index in [0.29, 0.717) is 5.69 Å². The van der Waals surface area contributed by atoms with E-state index in [2.05, 4.69) is 21.2 Å². The number of carbonyl (C=O) groups is 1. The molecule has 0 aliphatic carbocycles. The fourth-order valence-corrected chi connectivity index (χ4v) is 1.32. The van der Waals surface area contributed by atoms with Gasteiger partial charge in [0.25, 0.3) is 0 Å². The third-order valence-electron chi connectivity index (χ3n) is 1.55. The summed E-state index contributed by atoms with van der Waals surface area (Å²) in [4.78, 5) is 10.8. The number of nitrogens with one attached hydrogen (secondary N) is 1. The van der Waals surface area contributed by atoms with Crippen LogP contribution in [0.5, 0.6) is 0 Å². The fourth-order valence-electron chi connectivity index (χ4n) is 0.957. The summed E-state index contributed by atoms with van der Waals surface area (Å²) in [7, 11) is 0. The number of carboxylic acids is 1. The van der Waals surface area contributed by atoms with E-state index < -0.39 is 5.97 Å². The summed E-state index contributed by atoms with van der Waals surface area (Å²) in [5.41, 5.74) is 5.83. The first-order valence-corrected chi connectivity index (χ1v) is 4.60. The highest BCUT2D eigenvalue weighted by Gasteiger charge is 2.08. The van der Waals surface area contributed by atoms with Gasteiger partial charge in [-0.15, -0.1) is 0 Å². The van der Waals surface area contributed by atoms with Crippen LogP contribution in [-0.4, -0.2) is 11.1 Å². The van der Waals surface area contributed by atoms with E-state index >= 15 is 0 Å². The van der Waals surface area contributed by atoms with Gasteiger partial charge in [0.1, 0.15) is 0 Å². The van der Waals surface area contributed by atoms with Crippen LogP contribution in [0.1, 0.15) is 10.4 Å². The molecule has 0 saturated carbocycles. The molecule has 0 aromatic heterocycles. The van der Waals surface area contributed by atoms with E-state index in [1.54, 1.807) is 12.1 Å². The molecule has 0 saturated heterocycles. The van der Waals surface area contributed by atoms with Crippen LogP contribution >= 0.6 is 15.9 Å². The van der Waals surface area contributed by atoms with E-state index in [0.717, 1.165) is 4.47 Å². The van der Waals surface area contributed by atoms with Gasteiger partial charge in [0, 0.05) is 16.9 Å². The minimum absolute atomic E-state index is 0.192. The Balaban J connectivity index is 3.08. The molecule has 1 aromatic rings. The number of halogens is 1. The monoisotopic (exact) mass is 256 g/mol. The second-order valence-corrected chi connectivity index (χ2v) is 3.41. The molecule has 0 radical (unpaired) electrons. The molecule has 14 heavy (non-hydrogen) atoms. The first-order valence-electron chi connectivity index (χ1n) is 3.81. The minimum atomic E-state index is -0.987. The number of rotatable bonds is 3. The molecule has 5 heteroatoms. The van der Waals surface area contributed by atoms with Crippen LogP contribution in [0.2, 0.25) is 0 Å². The fraction of sp³-hybridized carbons (Fsp3) is 0. The molecule has 0 aliphatic heterocycles. The molecule has 0 spiro atoms. The number of anilines is 1. The molecular weight excluding hydrogens is 248 g/mol. The number of hydrogen-bond donors (Lipinski definition) is 3. The van der Waals surface area contributed by atoms with Gasteiger partial charge in [0.05, 0.1) is 11.3 Å². The van der Waals surface area contributed by atoms with Crippen LogP contribution in [-0.2, 0) is 0 Å². The van der Waals surface area contributed by atoms with Crippen molar-refractivity contribution in [2.75, 3.05) is 5.32 Å². The summed E-state index contributed by atoms with van der Waals surface area (Å²) in [6, 6.07) is 4.93. The zero-order valence-corrected chi connectivity index (χ0v) is 8.78. The maximum absolute atomic E-state index is 10.8. The Morgan fingerprint density at radius 3 is 2.86 bits per heavy atom. The second kappa shape index (κ2) is 4.66. The molecule has 0 amide bonds. The highest BCUT2D eigenvalue weighted by atomic mass is 79.9. The first-order chi connectivity index (χ1) is 6.65. The Hall–Kier alpha value is -1.49. The summed E-state index contributed by atoms with van der Waals surface area (Å²) < 4.78 is 0.720. The third kappa shape index (κ3) is 2.50. The van der Waals surface area contributed by atoms with Crippen molar-refractivity contribution >= 4 is 27.6 Å². The molecule has 4 nitrogen and oxygen atoms in total. The predicted octanol–water partition coefficient (Wildman–Crippen LogP) is 1.99. The van der Waals surface area contributed by atoms with Crippen molar-refractivity contribution in [2.45, 2.75) is 0 Å². The maximum Gasteiger partial charge on any atom is 0.337 e. The highest BCUT2D eigenvalue weighted by molar-refractivity contribution is 9.10. The Morgan fingerprint density at radius 1 is 1.57 bits per heavy atom. The van der Waals surface area contributed by atoms with E-state index in [1.165, 1.54) is 18.5 Å². The normalized spacial score (nSPS) is 10.4. The average molecular weight is 257 g/mol. The van der Waals surface area contributed by atoms with Gasteiger partial charge < -0.3 is 16.2 Å². The first kappa shape index (κ1) is 10.6. The SMILES string of the molecule is N/C=C/Nc1ccc(Br)cc1C(=O)O. The zero-order chi connectivity index (χ0) is 10.6. The number of nitrogens with two attached hydrogens (primary N) is 1. The molecular formula is C9H9BrN2O2. The highest BCUT2D eigenvalue weighted by Crippen LogP contribution is 2.20. The zero-order valence-electron chi connectivity index (χ0n) is 7.20. The molecule has 0 bridgehead atoms. The van der Waals surface area contributed by atoms with Crippen LogP contribution in [0.4, 0.5) is 5.69 Å². The van der Waals surface area contributed by atoms with Gasteiger partial charge in [-0.05, 0) is 18.2 Å². The van der Waals surface area contributed by atoms with Crippen LogP contribution in [0.25, 0.3) is 0 Å². The van der Waals surface area contributed by atoms with Crippen LogP contribution in [0.15, 0.2) is 35.1 Å². The van der Waals surface area contributed by atoms with E-state index in [9.17, 15) is 4.79 Å². The van der Waals surface area contributed by atoms with Gasteiger partial charge in [-0.2, -0.15) is 0 Å². The molecule has 1 rings (SSSR count). The number of benzene rings is 1. The van der Waals surface area contributed by atoms with Gasteiger partial charge in [-0.3, -0.25) is 0 Å². The van der Waals surface area contributed by atoms with Gasteiger partial charge in [0.2, 0.25) is 0 Å². The number of hydrogen-bond acceptors (Lipinski definition) is 3. The third-order valence-corrected chi connectivity index (χ3v) is 2.04. The maximum atomic E-state index is 10.8. The van der Waals surface area contributed by atoms with Crippen molar-refractivity contribution < 1.29 is 9.90 Å². The van der Waals surface area contributed by atoms with Gasteiger partial charge in [0.15, 0.2) is 0 Å². The van der Waals surface area contributed by atoms with Gasteiger partial charge >= 0.3 is 5.97 Å². The smallest absolute Gasteiger partial charge is 0.337 e. The van der Waals surface area contributed by atoms with E-state index in [1.807, 2.05) is 0 Å². The van der Waals surface area contributed by atoms with Crippen molar-refractivity contribution in [3.63, 3.8) is 0 Å². The lowest BCUT2D eigenvalue weighted by Gasteiger charge is -2.05. The molecule has 74 valence electrons. The van der Waals surface area contributed by atoms with E-state index in [4.69, 9.17) is 10.8 Å². The summed E-state index contributed by atoms with van der Waals surface area (Å²) in [5.74, 6) is -0.987. The molecule has 0 heterocycles. The van der Waals surface area contributed by atoms with Crippen molar-refractivity contribution in [3.05, 3.63) is 40.6 Å². The van der Waals surface area contributed by atoms with Crippen molar-refractivity contribution in [1.29, 1.82) is 0 Å². The van der Waals surface area contributed by atoms with Crippen molar-refractivity contribution in [3.8, 4) is 0 Å². The number of carboxylic acid groups (broad SMARTS) is 1. The van der Waals surface area contributed by atoms with Gasteiger partial charge in [-0.25, -0.2) is 4.79 Å². The summed E-state index contributed by atoms with van der Waals surface area (Å²) in [6.07, 6.45) is 2.77. The second-order valence-electron chi connectivity index (χ2n) is 2.50. The molecule has 1 aromatic carbocycles. The van der Waals surface area contributed by atoms with E-state index in [-0.39, 0.29) is 5.56 Å². The molecule has 0 unspecified atom stereocenters. The minimum Gasteiger partial charge on any atom is -0.478 e. The standard InChI is InChI=1S/C9H9BrN2O2/c10-6-1-2-8(12-4-3-11)7(5-6)9(13)14/h1-5,12H,11H2,(H,13,14)/b4-3+. The Morgan fingerprint density at radius 2 is 2.29 bits per heavy atom. The summed E-state index contributed by atoms with van der Waals surface area (Å²) >= 11 is 3.20. The molecule has 0 atom stereocenters. The Kier molecular flexibility index (Phi) is 3.53. The van der Waals surface area contributed by atoms with Crippen LogP contribution < -0.4 is 11.1 Å². The van der Waals surface area contributed by atoms with Crippen LogP contribution in [0.3, 0.4) is 0 Å². The lowest BCUT2D eigenvalue weighted by atomic mass is 10.2. The summed E-state index contributed by atoms with van der Waals surface area (Å²) in [5, 5.41) is 11.6. The average Bonchev–Trinajstić information content (AvgIpc) is 2.15. The lowest BCUT2D eigenvalue weighted by molar-refractivity contribution is 0.0698. The predicted molar refractivity (Wildman–Crippen MR) is 58.1 cm³/mol. The number of aromatic carboxylic acids is 1. The molecule has 4 N–H and O–H groups in total. The summed E-state index contributed by atoms with van der Waals surface area (Å²) in [6.45, 7) is 0. The Labute approximate surface area is 89.5 Å². The Bertz CT molecular complexity index is 377. The quantitative estimate of drug-likeness (QED) is 0.774. The topological polar surface area (TPSA) is 75.3 Å². The van der Waals surface area contributed by atoms with Crippen molar-refractivity contribution in [1.82, 2.24) is 0 Å². The largest absolute Gasteiger partial charge is 0.478 e. The molecule has 0 fully saturated rings. The lowest BCUT2D eigenvalue weighted by Crippen LogP contribution is -2.02. The van der Waals surface area contributed by atoms with Gasteiger partial charge in [-0.1, -0.05) is 15.9 Å². The van der Waals surface area contributed by atoms with Crippen LogP contribution in [0, 0.1) is 0 Å². The molecule has 0 aliphatic rings.